The molecule has 112 valence electrons. The van der Waals surface area contributed by atoms with Crippen LogP contribution in [0.15, 0.2) is 18.2 Å². The van der Waals surface area contributed by atoms with Crippen LogP contribution in [0.5, 0.6) is 5.75 Å². The molecule has 1 aliphatic rings. The zero-order valence-corrected chi connectivity index (χ0v) is 12.5. The van der Waals surface area contributed by atoms with E-state index in [0.29, 0.717) is 5.75 Å². The van der Waals surface area contributed by atoms with Gasteiger partial charge < -0.3 is 20.4 Å². The zero-order valence-electron chi connectivity index (χ0n) is 12.5. The van der Waals surface area contributed by atoms with Gasteiger partial charge in [0.25, 0.3) is 0 Å². The Hall–Kier alpha value is -1.26. The van der Waals surface area contributed by atoms with E-state index in [1.54, 1.807) is 0 Å². The fraction of sp³-hybridized carbons (Fsp3) is 0.625. The van der Waals surface area contributed by atoms with Crippen molar-refractivity contribution in [2.24, 2.45) is 0 Å². The predicted octanol–water partition coefficient (Wildman–Crippen LogP) is 2.41. The number of benzene rings is 1. The van der Waals surface area contributed by atoms with Crippen molar-refractivity contribution >= 4 is 5.69 Å². The molecular weight excluding hydrogens is 252 g/mol. The second kappa shape index (κ2) is 6.95. The van der Waals surface area contributed by atoms with E-state index < -0.39 is 0 Å². The fourth-order valence-electron chi connectivity index (χ4n) is 2.94. The molecule has 1 fully saturated rings. The van der Waals surface area contributed by atoms with Crippen molar-refractivity contribution in [2.45, 2.75) is 44.7 Å². The SMILES string of the molecule is CNC(C)c1ccc(N2CCCCCC2CO)cc1O. The molecular formula is C16H26N2O2. The number of anilines is 1. The summed E-state index contributed by atoms with van der Waals surface area (Å²) in [7, 11) is 1.88. The summed E-state index contributed by atoms with van der Waals surface area (Å²) in [6.45, 7) is 3.15. The second-order valence-electron chi connectivity index (χ2n) is 5.63. The van der Waals surface area contributed by atoms with Crippen LogP contribution < -0.4 is 10.2 Å². The summed E-state index contributed by atoms with van der Waals surface area (Å²) in [5.41, 5.74) is 1.92. The van der Waals surface area contributed by atoms with E-state index in [4.69, 9.17) is 0 Å². The number of hydrogen-bond donors (Lipinski definition) is 3. The van der Waals surface area contributed by atoms with Gasteiger partial charge in [0, 0.05) is 29.9 Å². The number of nitrogens with zero attached hydrogens (tertiary/aromatic N) is 1. The van der Waals surface area contributed by atoms with E-state index in [9.17, 15) is 10.2 Å². The molecule has 1 heterocycles. The maximum atomic E-state index is 10.2. The van der Waals surface area contributed by atoms with Crippen molar-refractivity contribution in [1.29, 1.82) is 0 Å². The second-order valence-corrected chi connectivity index (χ2v) is 5.63. The Bertz CT molecular complexity index is 436. The van der Waals surface area contributed by atoms with Gasteiger partial charge >= 0.3 is 0 Å². The fourth-order valence-corrected chi connectivity index (χ4v) is 2.94. The predicted molar refractivity (Wildman–Crippen MR) is 82.3 cm³/mol. The van der Waals surface area contributed by atoms with Gasteiger partial charge in [0.2, 0.25) is 0 Å². The topological polar surface area (TPSA) is 55.7 Å². The number of rotatable bonds is 4. The van der Waals surface area contributed by atoms with E-state index >= 15 is 0 Å². The molecule has 4 heteroatoms. The monoisotopic (exact) mass is 278 g/mol. The Morgan fingerprint density at radius 1 is 1.35 bits per heavy atom. The van der Waals surface area contributed by atoms with Gasteiger partial charge in [-0.05, 0) is 32.9 Å². The number of aliphatic hydroxyl groups excluding tert-OH is 1. The van der Waals surface area contributed by atoms with Crippen molar-refractivity contribution in [1.82, 2.24) is 5.32 Å². The van der Waals surface area contributed by atoms with Crippen LogP contribution in [0.25, 0.3) is 0 Å². The van der Waals surface area contributed by atoms with Crippen LogP contribution in [0.2, 0.25) is 0 Å². The molecule has 0 saturated carbocycles. The van der Waals surface area contributed by atoms with Crippen molar-refractivity contribution < 1.29 is 10.2 Å². The van der Waals surface area contributed by atoms with Gasteiger partial charge in [-0.2, -0.15) is 0 Å². The third kappa shape index (κ3) is 3.25. The van der Waals surface area contributed by atoms with E-state index in [0.717, 1.165) is 30.6 Å². The molecule has 3 N–H and O–H groups in total. The molecule has 2 unspecified atom stereocenters. The molecule has 1 saturated heterocycles. The summed E-state index contributed by atoms with van der Waals surface area (Å²) >= 11 is 0. The molecule has 0 aliphatic carbocycles. The Morgan fingerprint density at radius 3 is 2.80 bits per heavy atom. The van der Waals surface area contributed by atoms with E-state index in [1.165, 1.54) is 12.8 Å². The standard InChI is InChI=1S/C16H26N2O2/c1-12(17-2)15-8-7-13(10-16(15)20)18-9-5-3-4-6-14(18)11-19/h7-8,10,12,14,17,19-20H,3-6,9,11H2,1-2H3. The Morgan fingerprint density at radius 2 is 2.15 bits per heavy atom. The lowest BCUT2D eigenvalue weighted by Gasteiger charge is -2.31. The molecule has 20 heavy (non-hydrogen) atoms. The van der Waals surface area contributed by atoms with Crippen molar-refractivity contribution in [2.75, 3.05) is 25.1 Å². The zero-order chi connectivity index (χ0) is 14.5. The van der Waals surface area contributed by atoms with Crippen LogP contribution >= 0.6 is 0 Å². The number of hydrogen-bond acceptors (Lipinski definition) is 4. The van der Waals surface area contributed by atoms with Crippen LogP contribution in [0.1, 0.15) is 44.2 Å². The van der Waals surface area contributed by atoms with Crippen LogP contribution in [-0.2, 0) is 0 Å². The van der Waals surface area contributed by atoms with Gasteiger partial charge in [-0.25, -0.2) is 0 Å². The molecule has 0 amide bonds. The highest BCUT2D eigenvalue weighted by Gasteiger charge is 2.21. The largest absolute Gasteiger partial charge is 0.508 e. The maximum absolute atomic E-state index is 10.2. The minimum atomic E-state index is 0.127. The molecule has 2 rings (SSSR count). The molecule has 1 aromatic rings. The highest BCUT2D eigenvalue weighted by molar-refractivity contribution is 5.55. The first-order valence-electron chi connectivity index (χ1n) is 7.55. The first kappa shape index (κ1) is 15.1. The quantitative estimate of drug-likeness (QED) is 0.791. The Balaban J connectivity index is 2.24. The molecule has 1 aliphatic heterocycles. The molecule has 1 aromatic carbocycles. The first-order valence-corrected chi connectivity index (χ1v) is 7.55. The lowest BCUT2D eigenvalue weighted by atomic mass is 10.1. The number of aliphatic hydroxyl groups is 1. The maximum Gasteiger partial charge on any atom is 0.122 e. The van der Waals surface area contributed by atoms with E-state index in [-0.39, 0.29) is 18.7 Å². The van der Waals surface area contributed by atoms with Gasteiger partial charge in [0.1, 0.15) is 5.75 Å². The average molecular weight is 278 g/mol. The summed E-state index contributed by atoms with van der Waals surface area (Å²) in [5, 5.41) is 22.9. The minimum absolute atomic E-state index is 0.127. The lowest BCUT2D eigenvalue weighted by molar-refractivity contribution is 0.255. The number of phenolic OH excluding ortho intramolecular Hbond substituents is 1. The summed E-state index contributed by atoms with van der Waals surface area (Å²) in [6, 6.07) is 6.16. The highest BCUT2D eigenvalue weighted by atomic mass is 16.3. The van der Waals surface area contributed by atoms with Gasteiger partial charge in [-0.3, -0.25) is 0 Å². The third-order valence-electron chi connectivity index (χ3n) is 4.33. The molecule has 0 bridgehead atoms. The van der Waals surface area contributed by atoms with Crippen molar-refractivity contribution in [3.8, 4) is 5.75 Å². The van der Waals surface area contributed by atoms with Crippen LogP contribution in [0.4, 0.5) is 5.69 Å². The van der Waals surface area contributed by atoms with Crippen molar-refractivity contribution in [3.63, 3.8) is 0 Å². The van der Waals surface area contributed by atoms with Gasteiger partial charge in [0.05, 0.1) is 12.6 Å². The summed E-state index contributed by atoms with van der Waals surface area (Å²) in [5.74, 6) is 0.324. The van der Waals surface area contributed by atoms with E-state index in [1.807, 2.05) is 26.1 Å². The van der Waals surface area contributed by atoms with Crippen LogP contribution in [0, 0.1) is 0 Å². The molecule has 0 radical (unpaired) electrons. The Labute approximate surface area is 121 Å². The first-order chi connectivity index (χ1) is 9.67. The van der Waals surface area contributed by atoms with Gasteiger partial charge in [-0.15, -0.1) is 0 Å². The van der Waals surface area contributed by atoms with Crippen LogP contribution in [-0.4, -0.2) is 36.5 Å². The van der Waals surface area contributed by atoms with Gasteiger partial charge in [0.15, 0.2) is 0 Å². The van der Waals surface area contributed by atoms with Crippen molar-refractivity contribution in [3.05, 3.63) is 23.8 Å². The lowest BCUT2D eigenvalue weighted by Crippen LogP contribution is -2.37. The number of phenols is 1. The summed E-state index contributed by atoms with van der Waals surface area (Å²) in [4.78, 5) is 2.24. The summed E-state index contributed by atoms with van der Waals surface area (Å²) < 4.78 is 0. The number of nitrogens with one attached hydrogen (secondary N) is 1. The van der Waals surface area contributed by atoms with E-state index in [2.05, 4.69) is 16.3 Å². The number of aromatic hydroxyl groups is 1. The molecule has 0 spiro atoms. The minimum Gasteiger partial charge on any atom is -0.508 e. The highest BCUT2D eigenvalue weighted by Crippen LogP contribution is 2.31. The third-order valence-corrected chi connectivity index (χ3v) is 4.33. The molecule has 2 atom stereocenters. The molecule has 4 nitrogen and oxygen atoms in total. The molecule has 0 aromatic heterocycles. The smallest absolute Gasteiger partial charge is 0.122 e. The van der Waals surface area contributed by atoms with Gasteiger partial charge in [-0.1, -0.05) is 18.9 Å². The van der Waals surface area contributed by atoms with Crippen LogP contribution in [0.3, 0.4) is 0 Å². The summed E-state index contributed by atoms with van der Waals surface area (Å²) in [6.07, 6.45) is 4.55. The average Bonchev–Trinajstić information content (AvgIpc) is 2.71. The normalized spacial score (nSPS) is 21.6. The Kier molecular flexibility index (Phi) is 5.26.